The second-order valence-corrected chi connectivity index (χ2v) is 9.84. The molecule has 2 heterocycles. The van der Waals surface area contributed by atoms with Crippen LogP contribution in [0.4, 0.5) is 5.00 Å². The fourth-order valence-corrected chi connectivity index (χ4v) is 5.45. The molecule has 0 unspecified atom stereocenters. The van der Waals surface area contributed by atoms with Crippen molar-refractivity contribution in [2.45, 2.75) is 27.3 Å². The molecule has 0 atom stereocenters. The summed E-state index contributed by atoms with van der Waals surface area (Å²) in [6.45, 7) is 9.15. The van der Waals surface area contributed by atoms with Crippen LogP contribution in [0.1, 0.15) is 45.0 Å². The topological polar surface area (TPSA) is 88.2 Å². The predicted octanol–water partition coefficient (Wildman–Crippen LogP) is 4.47. The van der Waals surface area contributed by atoms with Crippen LogP contribution in [0.3, 0.4) is 0 Å². The van der Waals surface area contributed by atoms with Crippen molar-refractivity contribution in [3.05, 3.63) is 49.8 Å². The number of ether oxygens (including phenoxy) is 2. The van der Waals surface area contributed by atoms with Crippen LogP contribution < -0.4 is 5.32 Å². The second kappa shape index (κ2) is 12.7. The number of rotatable bonds is 9. The smallest absolute Gasteiger partial charge is 0.348 e. The molecule has 1 N–H and O–H groups in total. The van der Waals surface area contributed by atoms with Crippen LogP contribution >= 0.6 is 34.5 Å². The number of nitrogens with zero attached hydrogens (tertiary/aromatic N) is 2. The molecule has 0 spiro atoms. The zero-order valence-electron chi connectivity index (χ0n) is 20.0. The van der Waals surface area contributed by atoms with Gasteiger partial charge in [0.2, 0.25) is 5.91 Å². The highest BCUT2D eigenvalue weighted by atomic mass is 35.5. The molecule has 8 nitrogen and oxygen atoms in total. The molecule has 11 heteroatoms. The van der Waals surface area contributed by atoms with Gasteiger partial charge in [-0.15, -0.1) is 11.3 Å². The Balaban J connectivity index is 1.62. The summed E-state index contributed by atoms with van der Waals surface area (Å²) < 4.78 is 10.2. The molecule has 1 aliphatic rings. The van der Waals surface area contributed by atoms with E-state index < -0.39 is 11.9 Å². The SMILES string of the molecule is CCOC(=O)c1sc(NC(=O)CN2CCN(Cc3c(Cl)cccc3Cl)CC2)c(C(=O)OCC)c1C. The number of carbonyl (C=O) groups excluding carboxylic acids is 3. The van der Waals surface area contributed by atoms with Gasteiger partial charge in [0, 0.05) is 48.3 Å². The van der Waals surface area contributed by atoms with Crippen LogP contribution in [0.2, 0.25) is 10.0 Å². The summed E-state index contributed by atoms with van der Waals surface area (Å²) in [7, 11) is 0. The van der Waals surface area contributed by atoms with Gasteiger partial charge < -0.3 is 14.8 Å². The summed E-state index contributed by atoms with van der Waals surface area (Å²) in [6, 6.07) is 5.48. The third-order valence-electron chi connectivity index (χ3n) is 5.62. The molecule has 35 heavy (non-hydrogen) atoms. The van der Waals surface area contributed by atoms with Crippen LogP contribution in [0.25, 0.3) is 0 Å². The van der Waals surface area contributed by atoms with Gasteiger partial charge in [0.1, 0.15) is 9.88 Å². The first-order valence-corrected chi connectivity index (χ1v) is 13.0. The van der Waals surface area contributed by atoms with E-state index in [4.69, 9.17) is 32.7 Å². The van der Waals surface area contributed by atoms with Gasteiger partial charge in [-0.25, -0.2) is 9.59 Å². The molecule has 1 aromatic carbocycles. The van der Waals surface area contributed by atoms with Gasteiger partial charge >= 0.3 is 11.9 Å². The van der Waals surface area contributed by atoms with E-state index in [-0.39, 0.29) is 36.1 Å². The summed E-state index contributed by atoms with van der Waals surface area (Å²) in [4.78, 5) is 42.2. The minimum atomic E-state index is -0.584. The Bertz CT molecular complexity index is 1060. The van der Waals surface area contributed by atoms with E-state index in [0.29, 0.717) is 40.2 Å². The lowest BCUT2D eigenvalue weighted by Gasteiger charge is -2.34. The minimum absolute atomic E-state index is 0.161. The highest BCUT2D eigenvalue weighted by Gasteiger charge is 2.28. The predicted molar refractivity (Wildman–Crippen MR) is 138 cm³/mol. The van der Waals surface area contributed by atoms with Gasteiger partial charge in [0.05, 0.1) is 25.3 Å². The summed E-state index contributed by atoms with van der Waals surface area (Å²) in [5, 5.41) is 4.38. The van der Waals surface area contributed by atoms with Crippen LogP contribution in [0, 0.1) is 6.92 Å². The van der Waals surface area contributed by atoms with Gasteiger partial charge in [-0.3, -0.25) is 14.6 Å². The number of thiophene rings is 1. The molecule has 1 aromatic heterocycles. The van der Waals surface area contributed by atoms with E-state index in [1.54, 1.807) is 20.8 Å². The molecule has 3 rings (SSSR count). The normalized spacial score (nSPS) is 14.5. The second-order valence-electron chi connectivity index (χ2n) is 8.00. The van der Waals surface area contributed by atoms with Crippen molar-refractivity contribution in [3.63, 3.8) is 0 Å². The highest BCUT2D eigenvalue weighted by molar-refractivity contribution is 7.18. The van der Waals surface area contributed by atoms with Gasteiger partial charge in [-0.05, 0) is 38.5 Å². The molecule has 0 bridgehead atoms. The highest BCUT2D eigenvalue weighted by Crippen LogP contribution is 2.34. The summed E-state index contributed by atoms with van der Waals surface area (Å²) in [5.41, 5.74) is 1.53. The maximum absolute atomic E-state index is 12.8. The van der Waals surface area contributed by atoms with E-state index in [9.17, 15) is 14.4 Å². The minimum Gasteiger partial charge on any atom is -0.462 e. The van der Waals surface area contributed by atoms with E-state index in [1.165, 1.54) is 0 Å². The summed E-state index contributed by atoms with van der Waals surface area (Å²) in [6.07, 6.45) is 0. The van der Waals surface area contributed by atoms with Crippen LogP contribution in [-0.4, -0.2) is 73.6 Å². The summed E-state index contributed by atoms with van der Waals surface area (Å²) in [5.74, 6) is -1.38. The van der Waals surface area contributed by atoms with E-state index >= 15 is 0 Å². The monoisotopic (exact) mass is 541 g/mol. The first-order valence-electron chi connectivity index (χ1n) is 11.4. The average molecular weight is 542 g/mol. The van der Waals surface area contributed by atoms with Crippen molar-refractivity contribution in [1.82, 2.24) is 9.80 Å². The van der Waals surface area contributed by atoms with Gasteiger partial charge in [0.25, 0.3) is 0 Å². The molecular formula is C24H29Cl2N3O5S. The van der Waals surface area contributed by atoms with E-state index in [2.05, 4.69) is 10.2 Å². The number of nitrogens with one attached hydrogen (secondary N) is 1. The zero-order chi connectivity index (χ0) is 25.5. The Morgan fingerprint density at radius 2 is 1.54 bits per heavy atom. The Kier molecular flexibility index (Phi) is 9.94. The Morgan fingerprint density at radius 1 is 0.971 bits per heavy atom. The number of halogens is 2. The maximum atomic E-state index is 12.8. The molecule has 1 fully saturated rings. The van der Waals surface area contributed by atoms with E-state index in [1.807, 2.05) is 23.1 Å². The molecule has 190 valence electrons. The number of piperazine rings is 1. The third-order valence-corrected chi connectivity index (χ3v) is 7.51. The van der Waals surface area contributed by atoms with Crippen molar-refractivity contribution >= 4 is 57.4 Å². The standard InChI is InChI=1S/C24H29Cl2N3O5S/c1-4-33-23(31)20-15(3)21(24(32)34-5-2)35-22(20)27-19(30)14-29-11-9-28(10-12-29)13-16-17(25)7-6-8-18(16)26/h6-8H,4-5,9-14H2,1-3H3,(H,27,30). The molecule has 0 aliphatic carbocycles. The number of benzene rings is 1. The maximum Gasteiger partial charge on any atom is 0.348 e. The van der Waals surface area contributed by atoms with Crippen molar-refractivity contribution in [1.29, 1.82) is 0 Å². The molecule has 0 radical (unpaired) electrons. The van der Waals surface area contributed by atoms with Crippen LogP contribution in [0.5, 0.6) is 0 Å². The quantitative estimate of drug-likeness (QED) is 0.468. The fourth-order valence-electron chi connectivity index (χ4n) is 3.82. The fraction of sp³-hybridized carbons (Fsp3) is 0.458. The van der Waals surface area contributed by atoms with Gasteiger partial charge in [-0.1, -0.05) is 29.3 Å². The first kappa shape index (κ1) is 27.4. The lowest BCUT2D eigenvalue weighted by molar-refractivity contribution is -0.117. The van der Waals surface area contributed by atoms with Crippen LogP contribution in [-0.2, 0) is 20.8 Å². The molecule has 1 amide bonds. The zero-order valence-corrected chi connectivity index (χ0v) is 22.3. The van der Waals surface area contributed by atoms with Crippen molar-refractivity contribution < 1.29 is 23.9 Å². The van der Waals surface area contributed by atoms with Crippen molar-refractivity contribution in [3.8, 4) is 0 Å². The lowest BCUT2D eigenvalue weighted by atomic mass is 10.1. The van der Waals surface area contributed by atoms with E-state index in [0.717, 1.165) is 30.0 Å². The van der Waals surface area contributed by atoms with Gasteiger partial charge in [0.15, 0.2) is 0 Å². The molecule has 1 saturated heterocycles. The average Bonchev–Trinajstić information content (AvgIpc) is 3.13. The summed E-state index contributed by atoms with van der Waals surface area (Å²) >= 11 is 13.6. The number of esters is 2. The number of hydrogen-bond acceptors (Lipinski definition) is 8. The largest absolute Gasteiger partial charge is 0.462 e. The lowest BCUT2D eigenvalue weighted by Crippen LogP contribution is -2.48. The number of carbonyl (C=O) groups is 3. The molecular weight excluding hydrogens is 513 g/mol. The number of amides is 1. The number of anilines is 1. The Labute approximate surface area is 219 Å². The third kappa shape index (κ3) is 6.95. The number of hydrogen-bond donors (Lipinski definition) is 1. The van der Waals surface area contributed by atoms with Crippen molar-refractivity contribution in [2.24, 2.45) is 0 Å². The van der Waals surface area contributed by atoms with Crippen molar-refractivity contribution in [2.75, 3.05) is 51.3 Å². The Hall–Kier alpha value is -2.17. The molecule has 2 aromatic rings. The molecule has 0 saturated carbocycles. The first-order chi connectivity index (χ1) is 16.7. The Morgan fingerprint density at radius 3 is 2.14 bits per heavy atom. The van der Waals surface area contributed by atoms with Gasteiger partial charge in [-0.2, -0.15) is 0 Å². The van der Waals surface area contributed by atoms with Crippen LogP contribution in [0.15, 0.2) is 18.2 Å². The molecule has 1 aliphatic heterocycles.